The van der Waals surface area contributed by atoms with E-state index in [0.29, 0.717) is 22.3 Å². The summed E-state index contributed by atoms with van der Waals surface area (Å²) in [6.07, 6.45) is 3.54. The van der Waals surface area contributed by atoms with Gasteiger partial charge in [0.25, 0.3) is 5.91 Å². The van der Waals surface area contributed by atoms with E-state index in [4.69, 9.17) is 21.7 Å². The van der Waals surface area contributed by atoms with Crippen LogP contribution in [0.25, 0.3) is 17.0 Å². The number of para-hydroxylation sites is 2. The lowest BCUT2D eigenvalue weighted by molar-refractivity contribution is -0.113. The normalized spacial score (nSPS) is 14.5. The summed E-state index contributed by atoms with van der Waals surface area (Å²) < 4.78 is 11.7. The van der Waals surface area contributed by atoms with Crippen LogP contribution in [0.3, 0.4) is 0 Å². The van der Waals surface area contributed by atoms with Crippen LogP contribution in [0.4, 0.5) is 5.69 Å². The van der Waals surface area contributed by atoms with E-state index in [1.54, 1.807) is 19.4 Å². The third-order valence-electron chi connectivity index (χ3n) is 5.83. The van der Waals surface area contributed by atoms with Gasteiger partial charge in [0.15, 0.2) is 5.11 Å². The van der Waals surface area contributed by atoms with Crippen molar-refractivity contribution in [1.82, 2.24) is 10.3 Å². The van der Waals surface area contributed by atoms with Gasteiger partial charge in [-0.05, 0) is 66.7 Å². The summed E-state index contributed by atoms with van der Waals surface area (Å²) in [6.45, 7) is 2.24. The number of ether oxygens (including phenoxy) is 2. The average Bonchev–Trinajstić information content (AvgIpc) is 3.15. The van der Waals surface area contributed by atoms with Crippen molar-refractivity contribution in [2.24, 2.45) is 0 Å². The molecule has 7 heteroatoms. The lowest BCUT2D eigenvalue weighted by atomic mass is 10.1. The molecule has 0 radical (unpaired) electrons. The molecule has 2 heterocycles. The Morgan fingerprint density at radius 3 is 2.69 bits per heavy atom. The molecule has 1 N–H and O–H groups in total. The van der Waals surface area contributed by atoms with Gasteiger partial charge >= 0.3 is 0 Å². The Kier molecular flexibility index (Phi) is 6.16. The molecule has 0 saturated carbocycles. The van der Waals surface area contributed by atoms with E-state index in [1.807, 2.05) is 79.7 Å². The zero-order valence-corrected chi connectivity index (χ0v) is 20.1. The molecule has 1 amide bonds. The minimum atomic E-state index is -0.195. The van der Waals surface area contributed by atoms with Gasteiger partial charge in [-0.2, -0.15) is 0 Å². The molecule has 0 spiro atoms. The van der Waals surface area contributed by atoms with Crippen LogP contribution in [0.15, 0.2) is 84.7 Å². The van der Waals surface area contributed by atoms with E-state index in [1.165, 1.54) is 4.90 Å². The highest BCUT2D eigenvalue weighted by Gasteiger charge is 2.32. The van der Waals surface area contributed by atoms with E-state index in [9.17, 15) is 4.79 Å². The zero-order valence-electron chi connectivity index (χ0n) is 19.3. The van der Waals surface area contributed by atoms with Crippen LogP contribution < -0.4 is 19.7 Å². The number of amides is 1. The number of hydrogen-bond donors (Lipinski definition) is 1. The molecule has 0 bridgehead atoms. The number of methoxy groups -OCH3 is 1. The molecule has 6 nitrogen and oxygen atoms in total. The van der Waals surface area contributed by atoms with Gasteiger partial charge in [0.1, 0.15) is 29.3 Å². The molecule has 1 fully saturated rings. The average molecular weight is 482 g/mol. The summed E-state index contributed by atoms with van der Waals surface area (Å²) >= 11 is 5.46. The van der Waals surface area contributed by atoms with E-state index in [-0.39, 0.29) is 12.5 Å². The third kappa shape index (κ3) is 4.46. The molecule has 5 rings (SSSR count). The Morgan fingerprint density at radius 1 is 1.03 bits per heavy atom. The summed E-state index contributed by atoms with van der Waals surface area (Å²) in [4.78, 5) is 19.1. The number of nitrogens with one attached hydrogen (secondary N) is 1. The van der Waals surface area contributed by atoms with Crippen LogP contribution in [-0.2, 0) is 11.4 Å². The molecular weight excluding hydrogens is 458 g/mol. The van der Waals surface area contributed by atoms with Crippen LogP contribution in [0.1, 0.15) is 16.7 Å². The number of nitrogens with zero attached hydrogens (tertiary/aromatic N) is 2. The largest absolute Gasteiger partial charge is 0.496 e. The highest BCUT2D eigenvalue weighted by molar-refractivity contribution is 7.80. The molecule has 3 aromatic carbocycles. The number of carbonyl (C=O) groups is 1. The van der Waals surface area contributed by atoms with Crippen LogP contribution >= 0.6 is 12.2 Å². The molecule has 174 valence electrons. The number of anilines is 1. The molecule has 1 saturated heterocycles. The summed E-state index contributed by atoms with van der Waals surface area (Å²) in [7, 11) is 1.62. The number of rotatable bonds is 6. The quantitative estimate of drug-likeness (QED) is 0.294. The molecule has 1 aliphatic rings. The van der Waals surface area contributed by atoms with Crippen molar-refractivity contribution in [3.05, 3.63) is 101 Å². The van der Waals surface area contributed by atoms with Crippen LogP contribution in [0, 0.1) is 6.92 Å². The van der Waals surface area contributed by atoms with E-state index in [0.717, 1.165) is 33.3 Å². The molecule has 0 aliphatic carbocycles. The second-order valence-electron chi connectivity index (χ2n) is 8.11. The molecule has 1 aromatic heterocycles. The number of aromatic nitrogens is 1. The van der Waals surface area contributed by atoms with Gasteiger partial charge in [-0.25, -0.2) is 0 Å². The van der Waals surface area contributed by atoms with Gasteiger partial charge in [-0.15, -0.1) is 0 Å². The predicted molar refractivity (Wildman–Crippen MR) is 141 cm³/mol. The van der Waals surface area contributed by atoms with E-state index >= 15 is 0 Å². The molecule has 0 atom stereocenters. The number of pyridine rings is 1. The zero-order chi connectivity index (χ0) is 24.4. The SMILES string of the molecule is COc1ccc(C=C2NC(=S)N(c3ccccc3C)C2=O)cc1COc1cccc2cccnc12. The maximum atomic E-state index is 13.2. The number of thiocarbonyl (C=S) groups is 1. The van der Waals surface area contributed by atoms with Crippen molar-refractivity contribution >= 4 is 45.9 Å². The fourth-order valence-electron chi connectivity index (χ4n) is 4.08. The summed E-state index contributed by atoms with van der Waals surface area (Å²) in [5.41, 5.74) is 4.62. The van der Waals surface area contributed by atoms with Gasteiger partial charge in [0.2, 0.25) is 0 Å². The van der Waals surface area contributed by atoms with Crippen LogP contribution in [-0.4, -0.2) is 23.1 Å². The lowest BCUT2D eigenvalue weighted by Gasteiger charge is -2.16. The molecule has 4 aromatic rings. The van der Waals surface area contributed by atoms with Gasteiger partial charge < -0.3 is 14.8 Å². The molecule has 0 unspecified atom stereocenters. The minimum absolute atomic E-state index is 0.195. The number of carbonyl (C=O) groups excluding carboxylic acids is 1. The van der Waals surface area contributed by atoms with Crippen molar-refractivity contribution in [3.63, 3.8) is 0 Å². The summed E-state index contributed by atoms with van der Waals surface area (Å²) in [6, 6.07) is 23.1. The number of hydrogen-bond acceptors (Lipinski definition) is 5. The third-order valence-corrected chi connectivity index (χ3v) is 6.11. The maximum absolute atomic E-state index is 13.2. The Morgan fingerprint density at radius 2 is 1.86 bits per heavy atom. The van der Waals surface area contributed by atoms with Gasteiger partial charge in [0.05, 0.1) is 12.8 Å². The summed E-state index contributed by atoms with van der Waals surface area (Å²) in [5, 5.41) is 4.42. The van der Waals surface area contributed by atoms with E-state index < -0.39 is 0 Å². The predicted octanol–water partition coefficient (Wildman–Crippen LogP) is 5.39. The molecular formula is C28H23N3O3S. The summed E-state index contributed by atoms with van der Waals surface area (Å²) in [5.74, 6) is 1.20. The second kappa shape index (κ2) is 9.56. The Labute approximate surface area is 208 Å². The highest BCUT2D eigenvalue weighted by Crippen LogP contribution is 2.29. The van der Waals surface area contributed by atoms with Crippen LogP contribution in [0.5, 0.6) is 11.5 Å². The first-order valence-electron chi connectivity index (χ1n) is 11.1. The number of benzene rings is 3. The van der Waals surface area contributed by atoms with Gasteiger partial charge in [-0.3, -0.25) is 14.7 Å². The van der Waals surface area contributed by atoms with Crippen molar-refractivity contribution in [2.75, 3.05) is 12.0 Å². The second-order valence-corrected chi connectivity index (χ2v) is 8.49. The first-order chi connectivity index (χ1) is 17.0. The van der Waals surface area contributed by atoms with Crippen molar-refractivity contribution in [1.29, 1.82) is 0 Å². The Bertz CT molecular complexity index is 1480. The van der Waals surface area contributed by atoms with E-state index in [2.05, 4.69) is 10.3 Å². The Hall–Kier alpha value is -4.23. The van der Waals surface area contributed by atoms with Crippen LogP contribution in [0.2, 0.25) is 0 Å². The maximum Gasteiger partial charge on any atom is 0.281 e. The Balaban J connectivity index is 1.41. The van der Waals surface area contributed by atoms with Crippen molar-refractivity contribution in [2.45, 2.75) is 13.5 Å². The minimum Gasteiger partial charge on any atom is -0.496 e. The smallest absolute Gasteiger partial charge is 0.281 e. The lowest BCUT2D eigenvalue weighted by Crippen LogP contribution is -2.30. The fourth-order valence-corrected chi connectivity index (χ4v) is 4.38. The van der Waals surface area contributed by atoms with Gasteiger partial charge in [0, 0.05) is 17.1 Å². The highest BCUT2D eigenvalue weighted by atomic mass is 32.1. The molecule has 1 aliphatic heterocycles. The van der Waals surface area contributed by atoms with Gasteiger partial charge in [-0.1, -0.05) is 42.5 Å². The molecule has 35 heavy (non-hydrogen) atoms. The topological polar surface area (TPSA) is 63.7 Å². The monoisotopic (exact) mass is 481 g/mol. The van der Waals surface area contributed by atoms with Crippen molar-refractivity contribution in [3.8, 4) is 11.5 Å². The first-order valence-corrected chi connectivity index (χ1v) is 11.5. The fraction of sp³-hybridized carbons (Fsp3) is 0.107. The number of aryl methyl sites for hydroxylation is 1. The van der Waals surface area contributed by atoms with Crippen molar-refractivity contribution < 1.29 is 14.3 Å². The first kappa shape index (κ1) is 22.6. The standard InChI is InChI=1S/C28H23N3O3S/c1-18-7-3-4-10-23(18)31-27(32)22(30-28(31)35)16-19-12-13-24(33-2)21(15-19)17-34-25-11-5-8-20-9-6-14-29-26(20)25/h3-16H,17H2,1-2H3,(H,30,35). The number of fused-ring (bicyclic) bond motifs is 1.